The lowest BCUT2D eigenvalue weighted by atomic mass is 10.2. The third kappa shape index (κ3) is 4.34. The molecule has 2 amide bonds. The SMILES string of the molecule is C[C@@H]1CN(C(=O)Nc2cnn(-c3ccc(C(F)(F)F)cc3)c2)CCCO1. The second-order valence-corrected chi connectivity index (χ2v) is 6.13. The van der Waals surface area contributed by atoms with Crippen molar-refractivity contribution in [2.75, 3.05) is 25.0 Å². The number of rotatable bonds is 2. The number of amides is 2. The highest BCUT2D eigenvalue weighted by Gasteiger charge is 2.30. The maximum absolute atomic E-state index is 12.6. The normalized spacial score (nSPS) is 18.5. The van der Waals surface area contributed by atoms with Crippen molar-refractivity contribution < 1.29 is 22.7 Å². The molecule has 2 heterocycles. The summed E-state index contributed by atoms with van der Waals surface area (Å²) in [6, 6.07) is 4.39. The van der Waals surface area contributed by atoms with Crippen LogP contribution in [-0.4, -0.2) is 46.5 Å². The molecule has 1 fully saturated rings. The molecule has 1 saturated heterocycles. The molecule has 2 aromatic rings. The average molecular weight is 368 g/mol. The standard InChI is InChI=1S/C17H19F3N4O2/c1-12-10-23(7-2-8-26-12)16(25)22-14-9-21-24(11-14)15-5-3-13(4-6-15)17(18,19)20/h3-6,9,11-12H,2,7-8,10H2,1H3,(H,22,25)/t12-/m1/s1. The van der Waals surface area contributed by atoms with E-state index in [9.17, 15) is 18.0 Å². The quantitative estimate of drug-likeness (QED) is 0.882. The molecule has 6 nitrogen and oxygen atoms in total. The minimum Gasteiger partial charge on any atom is -0.377 e. The Kier molecular flexibility index (Phi) is 5.17. The fraction of sp³-hybridized carbons (Fsp3) is 0.412. The number of carbonyl (C=O) groups is 1. The lowest BCUT2D eigenvalue weighted by Gasteiger charge is -2.22. The molecular weight excluding hydrogens is 349 g/mol. The minimum absolute atomic E-state index is 0.0295. The fourth-order valence-electron chi connectivity index (χ4n) is 2.71. The van der Waals surface area contributed by atoms with Gasteiger partial charge in [0.1, 0.15) is 0 Å². The number of nitrogens with zero attached hydrogens (tertiary/aromatic N) is 3. The highest BCUT2D eigenvalue weighted by atomic mass is 19.4. The summed E-state index contributed by atoms with van der Waals surface area (Å²) in [6.45, 7) is 3.63. The third-order valence-electron chi connectivity index (χ3n) is 4.03. The summed E-state index contributed by atoms with van der Waals surface area (Å²) in [4.78, 5) is 14.0. The van der Waals surface area contributed by atoms with Crippen molar-refractivity contribution in [3.63, 3.8) is 0 Å². The van der Waals surface area contributed by atoms with E-state index in [4.69, 9.17) is 4.74 Å². The molecule has 140 valence electrons. The lowest BCUT2D eigenvalue weighted by Crippen LogP contribution is -2.38. The van der Waals surface area contributed by atoms with Crippen molar-refractivity contribution in [2.45, 2.75) is 25.6 Å². The number of halogens is 3. The van der Waals surface area contributed by atoms with Crippen LogP contribution in [0.3, 0.4) is 0 Å². The Morgan fingerprint density at radius 3 is 2.73 bits per heavy atom. The summed E-state index contributed by atoms with van der Waals surface area (Å²) in [6.07, 6.45) is -0.637. The zero-order valence-electron chi connectivity index (χ0n) is 14.2. The molecule has 1 aliphatic rings. The number of carbonyl (C=O) groups excluding carboxylic acids is 1. The molecule has 0 radical (unpaired) electrons. The maximum atomic E-state index is 12.6. The number of anilines is 1. The topological polar surface area (TPSA) is 59.4 Å². The molecule has 0 spiro atoms. The number of hydrogen-bond acceptors (Lipinski definition) is 3. The van der Waals surface area contributed by atoms with Crippen LogP contribution in [0, 0.1) is 0 Å². The monoisotopic (exact) mass is 368 g/mol. The van der Waals surface area contributed by atoms with Gasteiger partial charge in [0.25, 0.3) is 0 Å². The predicted molar refractivity (Wildman–Crippen MR) is 89.2 cm³/mol. The van der Waals surface area contributed by atoms with Crippen LogP contribution in [0.5, 0.6) is 0 Å². The first-order chi connectivity index (χ1) is 12.3. The molecule has 0 bridgehead atoms. The summed E-state index contributed by atoms with van der Waals surface area (Å²) in [5, 5.41) is 6.84. The predicted octanol–water partition coefficient (Wildman–Crippen LogP) is 3.53. The van der Waals surface area contributed by atoms with E-state index < -0.39 is 11.7 Å². The summed E-state index contributed by atoms with van der Waals surface area (Å²) in [5.74, 6) is 0. The number of nitrogens with one attached hydrogen (secondary N) is 1. The van der Waals surface area contributed by atoms with Gasteiger partial charge in [0.15, 0.2) is 0 Å². The second kappa shape index (κ2) is 7.36. The van der Waals surface area contributed by atoms with Gasteiger partial charge in [-0.05, 0) is 37.6 Å². The zero-order valence-corrected chi connectivity index (χ0v) is 14.2. The third-order valence-corrected chi connectivity index (χ3v) is 4.03. The van der Waals surface area contributed by atoms with Crippen LogP contribution in [0.1, 0.15) is 18.9 Å². The van der Waals surface area contributed by atoms with E-state index in [-0.39, 0.29) is 12.1 Å². The molecule has 0 aliphatic carbocycles. The first-order valence-corrected chi connectivity index (χ1v) is 8.23. The Hall–Kier alpha value is -2.55. The van der Waals surface area contributed by atoms with Gasteiger partial charge in [0.05, 0.1) is 35.4 Å². The lowest BCUT2D eigenvalue weighted by molar-refractivity contribution is -0.137. The van der Waals surface area contributed by atoms with Crippen molar-refractivity contribution in [2.24, 2.45) is 0 Å². The summed E-state index contributed by atoms with van der Waals surface area (Å²) in [7, 11) is 0. The van der Waals surface area contributed by atoms with Gasteiger partial charge < -0.3 is 15.0 Å². The first-order valence-electron chi connectivity index (χ1n) is 8.23. The Balaban J connectivity index is 1.67. The van der Waals surface area contributed by atoms with Crippen molar-refractivity contribution in [3.05, 3.63) is 42.2 Å². The van der Waals surface area contributed by atoms with Crippen molar-refractivity contribution in [1.29, 1.82) is 0 Å². The Morgan fingerprint density at radius 1 is 1.31 bits per heavy atom. The van der Waals surface area contributed by atoms with Crippen LogP contribution < -0.4 is 5.32 Å². The van der Waals surface area contributed by atoms with E-state index >= 15 is 0 Å². The molecule has 1 N–H and O–H groups in total. The van der Waals surface area contributed by atoms with E-state index in [1.54, 1.807) is 11.1 Å². The molecule has 1 atom stereocenters. The number of hydrogen-bond donors (Lipinski definition) is 1. The molecule has 0 unspecified atom stereocenters. The average Bonchev–Trinajstić information content (AvgIpc) is 2.94. The molecule has 1 aliphatic heterocycles. The van der Waals surface area contributed by atoms with E-state index in [0.29, 0.717) is 31.1 Å². The second-order valence-electron chi connectivity index (χ2n) is 6.13. The van der Waals surface area contributed by atoms with Gasteiger partial charge in [-0.3, -0.25) is 0 Å². The van der Waals surface area contributed by atoms with E-state index in [1.807, 2.05) is 6.92 Å². The van der Waals surface area contributed by atoms with Crippen LogP contribution in [0.4, 0.5) is 23.7 Å². The maximum Gasteiger partial charge on any atom is 0.416 e. The highest BCUT2D eigenvalue weighted by molar-refractivity contribution is 5.89. The number of alkyl halides is 3. The molecule has 0 saturated carbocycles. The van der Waals surface area contributed by atoms with Crippen LogP contribution in [0.15, 0.2) is 36.7 Å². The van der Waals surface area contributed by atoms with E-state index in [0.717, 1.165) is 18.6 Å². The van der Waals surface area contributed by atoms with Crippen molar-refractivity contribution in [3.8, 4) is 5.69 Å². The van der Waals surface area contributed by atoms with E-state index in [2.05, 4.69) is 10.4 Å². The van der Waals surface area contributed by atoms with Gasteiger partial charge in [0, 0.05) is 19.7 Å². The number of benzene rings is 1. The molecular formula is C17H19F3N4O2. The largest absolute Gasteiger partial charge is 0.416 e. The summed E-state index contributed by atoms with van der Waals surface area (Å²) in [5.41, 5.74) is 0.211. The van der Waals surface area contributed by atoms with Crippen LogP contribution in [0.25, 0.3) is 5.69 Å². The molecule has 26 heavy (non-hydrogen) atoms. The van der Waals surface area contributed by atoms with Crippen LogP contribution in [-0.2, 0) is 10.9 Å². The highest BCUT2D eigenvalue weighted by Crippen LogP contribution is 2.29. The minimum atomic E-state index is -4.38. The van der Waals surface area contributed by atoms with Gasteiger partial charge >= 0.3 is 12.2 Å². The molecule has 3 rings (SSSR count). The van der Waals surface area contributed by atoms with Gasteiger partial charge in [-0.15, -0.1) is 0 Å². The van der Waals surface area contributed by atoms with Crippen LogP contribution in [0.2, 0.25) is 0 Å². The number of aromatic nitrogens is 2. The van der Waals surface area contributed by atoms with Crippen molar-refractivity contribution in [1.82, 2.24) is 14.7 Å². The first kappa shape index (κ1) is 18.2. The zero-order chi connectivity index (χ0) is 18.7. The molecule has 9 heteroatoms. The molecule has 1 aromatic heterocycles. The van der Waals surface area contributed by atoms with E-state index in [1.165, 1.54) is 23.0 Å². The Labute approximate surface area is 148 Å². The number of ether oxygens (including phenoxy) is 1. The van der Waals surface area contributed by atoms with Gasteiger partial charge in [-0.25, -0.2) is 9.48 Å². The smallest absolute Gasteiger partial charge is 0.377 e. The Bertz CT molecular complexity index is 758. The van der Waals surface area contributed by atoms with Crippen molar-refractivity contribution >= 4 is 11.7 Å². The number of urea groups is 1. The fourth-order valence-corrected chi connectivity index (χ4v) is 2.71. The van der Waals surface area contributed by atoms with Gasteiger partial charge in [-0.2, -0.15) is 18.3 Å². The van der Waals surface area contributed by atoms with Gasteiger partial charge in [0.2, 0.25) is 0 Å². The summed E-state index contributed by atoms with van der Waals surface area (Å²) < 4.78 is 44.8. The Morgan fingerprint density at radius 2 is 2.04 bits per heavy atom. The summed E-state index contributed by atoms with van der Waals surface area (Å²) >= 11 is 0. The van der Waals surface area contributed by atoms with Gasteiger partial charge in [-0.1, -0.05) is 0 Å². The van der Waals surface area contributed by atoms with Crippen LogP contribution >= 0.6 is 0 Å². The molecule has 1 aromatic carbocycles.